The molecule has 0 bridgehead atoms. The van der Waals surface area contributed by atoms with E-state index in [9.17, 15) is 14.5 Å². The molecular weight excluding hydrogens is 277 g/mol. The minimum Gasteiger partial charge on any atom is -0.378 e. The van der Waals surface area contributed by atoms with Gasteiger partial charge in [0, 0.05) is 44.4 Å². The normalized spacial score (nSPS) is 21.2. The quantitative estimate of drug-likeness (QED) is 0.618. The zero-order valence-corrected chi connectivity index (χ0v) is 11.7. The van der Waals surface area contributed by atoms with Crippen LogP contribution in [0.15, 0.2) is 18.2 Å². The summed E-state index contributed by atoms with van der Waals surface area (Å²) in [6.07, 6.45) is 0. The summed E-state index contributed by atoms with van der Waals surface area (Å²) in [7, 11) is 0. The second-order valence-corrected chi connectivity index (χ2v) is 5.54. The van der Waals surface area contributed by atoms with Crippen molar-refractivity contribution in [1.29, 1.82) is 0 Å². The molecule has 0 saturated carbocycles. The lowest BCUT2D eigenvalue weighted by atomic mass is 10.1. The maximum atomic E-state index is 13.9. The molecule has 114 valence electrons. The van der Waals surface area contributed by atoms with Crippen molar-refractivity contribution in [2.45, 2.75) is 12.6 Å². The highest BCUT2D eigenvalue weighted by Gasteiger charge is 2.29. The Kier molecular flexibility index (Phi) is 4.14. The van der Waals surface area contributed by atoms with Crippen LogP contribution in [0.2, 0.25) is 0 Å². The van der Waals surface area contributed by atoms with Crippen LogP contribution in [0.5, 0.6) is 0 Å². The summed E-state index contributed by atoms with van der Waals surface area (Å²) in [5.41, 5.74) is 0.312. The first-order valence-electron chi connectivity index (χ1n) is 7.10. The number of halogens is 1. The number of ether oxygens (including phenoxy) is 1. The van der Waals surface area contributed by atoms with E-state index in [0.717, 1.165) is 45.5 Å². The van der Waals surface area contributed by atoms with Crippen LogP contribution in [0.4, 0.5) is 10.1 Å². The number of hydrogen-bond donors (Lipinski definition) is 0. The first-order valence-corrected chi connectivity index (χ1v) is 7.10. The highest BCUT2D eigenvalue weighted by atomic mass is 19.1. The minimum absolute atomic E-state index is 0.203. The summed E-state index contributed by atoms with van der Waals surface area (Å²) in [6, 6.07) is 4.42. The van der Waals surface area contributed by atoms with Crippen molar-refractivity contribution in [3.05, 3.63) is 39.7 Å². The van der Waals surface area contributed by atoms with E-state index in [2.05, 4.69) is 9.80 Å². The van der Waals surface area contributed by atoms with Gasteiger partial charge < -0.3 is 4.74 Å². The van der Waals surface area contributed by atoms with Crippen molar-refractivity contribution >= 4 is 5.69 Å². The molecule has 6 nitrogen and oxygen atoms in total. The van der Waals surface area contributed by atoms with Gasteiger partial charge in [0.15, 0.2) is 0 Å². The van der Waals surface area contributed by atoms with Crippen molar-refractivity contribution < 1.29 is 14.1 Å². The molecule has 21 heavy (non-hydrogen) atoms. The predicted molar refractivity (Wildman–Crippen MR) is 74.5 cm³/mol. The van der Waals surface area contributed by atoms with Gasteiger partial charge in [0.05, 0.1) is 30.2 Å². The van der Waals surface area contributed by atoms with Crippen LogP contribution in [0.25, 0.3) is 0 Å². The molecule has 7 heteroatoms. The average Bonchev–Trinajstić information content (AvgIpc) is 2.41. The third kappa shape index (κ3) is 3.20. The number of nitro groups is 1. The monoisotopic (exact) mass is 295 g/mol. The van der Waals surface area contributed by atoms with Gasteiger partial charge in [-0.25, -0.2) is 4.39 Å². The van der Waals surface area contributed by atoms with E-state index in [0.29, 0.717) is 18.2 Å². The third-order valence-electron chi connectivity index (χ3n) is 4.19. The molecule has 0 radical (unpaired) electrons. The molecule has 0 N–H and O–H groups in total. The van der Waals surface area contributed by atoms with Gasteiger partial charge in [0.1, 0.15) is 5.82 Å². The molecule has 1 aromatic carbocycles. The van der Waals surface area contributed by atoms with Gasteiger partial charge in [0.25, 0.3) is 5.69 Å². The summed E-state index contributed by atoms with van der Waals surface area (Å²) >= 11 is 0. The molecule has 2 saturated heterocycles. The number of nitro benzene ring substituents is 1. The van der Waals surface area contributed by atoms with Crippen LogP contribution >= 0.6 is 0 Å². The van der Waals surface area contributed by atoms with Crippen LogP contribution in [0.1, 0.15) is 5.56 Å². The van der Waals surface area contributed by atoms with Gasteiger partial charge in [-0.15, -0.1) is 0 Å². The topological polar surface area (TPSA) is 58.9 Å². The van der Waals surface area contributed by atoms with Gasteiger partial charge in [-0.2, -0.15) is 0 Å². The number of piperazine rings is 1. The standard InChI is InChI=1S/C14H18FN3O3/c15-14-7-12(18(19)20)2-1-11(14)8-16-3-5-17(6-4-16)13-9-21-10-13/h1-2,7,13H,3-6,8-10H2. The lowest BCUT2D eigenvalue weighted by Gasteiger charge is -2.42. The number of benzene rings is 1. The molecule has 0 atom stereocenters. The molecular formula is C14H18FN3O3. The van der Waals surface area contributed by atoms with Crippen LogP contribution in [0.3, 0.4) is 0 Å². The Balaban J connectivity index is 1.56. The lowest BCUT2D eigenvalue weighted by molar-refractivity contribution is -0.385. The number of rotatable bonds is 4. The number of non-ortho nitro benzene ring substituents is 1. The summed E-state index contributed by atoms with van der Waals surface area (Å²) in [5.74, 6) is -0.501. The minimum atomic E-state index is -0.577. The first kappa shape index (κ1) is 14.4. The van der Waals surface area contributed by atoms with E-state index in [1.165, 1.54) is 12.1 Å². The maximum Gasteiger partial charge on any atom is 0.272 e. The molecule has 1 aromatic rings. The van der Waals surface area contributed by atoms with Crippen molar-refractivity contribution in [3.63, 3.8) is 0 Å². The molecule has 2 aliphatic rings. The van der Waals surface area contributed by atoms with Crippen molar-refractivity contribution in [1.82, 2.24) is 9.80 Å². The van der Waals surface area contributed by atoms with E-state index in [-0.39, 0.29) is 5.69 Å². The third-order valence-corrected chi connectivity index (χ3v) is 4.19. The Bertz CT molecular complexity index is 528. The average molecular weight is 295 g/mol. The zero-order valence-electron chi connectivity index (χ0n) is 11.7. The molecule has 2 fully saturated rings. The molecule has 0 amide bonds. The van der Waals surface area contributed by atoms with Crippen molar-refractivity contribution in [3.8, 4) is 0 Å². The van der Waals surface area contributed by atoms with Gasteiger partial charge in [-0.05, 0) is 6.07 Å². The molecule has 0 aromatic heterocycles. The largest absolute Gasteiger partial charge is 0.378 e. The number of nitrogens with zero attached hydrogens (tertiary/aromatic N) is 3. The van der Waals surface area contributed by atoms with Crippen molar-refractivity contribution in [2.24, 2.45) is 0 Å². The fourth-order valence-corrected chi connectivity index (χ4v) is 2.74. The molecule has 2 aliphatic heterocycles. The Morgan fingerprint density at radius 3 is 2.52 bits per heavy atom. The van der Waals surface area contributed by atoms with Crippen LogP contribution in [-0.2, 0) is 11.3 Å². The van der Waals surface area contributed by atoms with E-state index in [4.69, 9.17) is 4.74 Å². The summed E-state index contributed by atoms with van der Waals surface area (Å²) < 4.78 is 19.1. The SMILES string of the molecule is O=[N+]([O-])c1ccc(CN2CCN(C3COC3)CC2)c(F)c1. The van der Waals surface area contributed by atoms with Gasteiger partial charge >= 0.3 is 0 Å². The smallest absolute Gasteiger partial charge is 0.272 e. The lowest BCUT2D eigenvalue weighted by Crippen LogP contribution is -2.56. The Morgan fingerprint density at radius 1 is 1.29 bits per heavy atom. The Labute approximate surface area is 122 Å². The van der Waals surface area contributed by atoms with Gasteiger partial charge in [-0.3, -0.25) is 19.9 Å². The molecule has 0 aliphatic carbocycles. The van der Waals surface area contributed by atoms with Crippen LogP contribution < -0.4 is 0 Å². The molecule has 2 heterocycles. The van der Waals surface area contributed by atoms with Crippen molar-refractivity contribution in [2.75, 3.05) is 39.4 Å². The maximum absolute atomic E-state index is 13.9. The molecule has 3 rings (SSSR count). The van der Waals surface area contributed by atoms with E-state index in [1.807, 2.05) is 0 Å². The number of hydrogen-bond acceptors (Lipinski definition) is 5. The summed E-state index contributed by atoms with van der Waals surface area (Å²) in [6.45, 7) is 5.82. The fourth-order valence-electron chi connectivity index (χ4n) is 2.74. The molecule has 0 unspecified atom stereocenters. The molecule has 0 spiro atoms. The first-order chi connectivity index (χ1) is 10.1. The van der Waals surface area contributed by atoms with Gasteiger partial charge in [-0.1, -0.05) is 0 Å². The highest BCUT2D eigenvalue weighted by Crippen LogP contribution is 2.19. The van der Waals surface area contributed by atoms with E-state index >= 15 is 0 Å². The van der Waals surface area contributed by atoms with E-state index < -0.39 is 10.7 Å². The summed E-state index contributed by atoms with van der Waals surface area (Å²) in [5, 5.41) is 10.6. The van der Waals surface area contributed by atoms with Gasteiger partial charge in [0.2, 0.25) is 0 Å². The second kappa shape index (κ2) is 6.05. The predicted octanol–water partition coefficient (Wildman–Crippen LogP) is 1.25. The summed E-state index contributed by atoms with van der Waals surface area (Å²) in [4.78, 5) is 14.6. The van der Waals surface area contributed by atoms with Crippen LogP contribution in [-0.4, -0.2) is 60.2 Å². The Morgan fingerprint density at radius 2 is 2.00 bits per heavy atom. The zero-order chi connectivity index (χ0) is 14.8. The highest BCUT2D eigenvalue weighted by molar-refractivity contribution is 5.34. The second-order valence-electron chi connectivity index (χ2n) is 5.54. The van der Waals surface area contributed by atoms with Crippen LogP contribution in [0, 0.1) is 15.9 Å². The van der Waals surface area contributed by atoms with E-state index in [1.54, 1.807) is 0 Å². The Hall–Kier alpha value is -1.57. The fraction of sp³-hybridized carbons (Fsp3) is 0.571.